The molecule has 5 heteroatoms. The van der Waals surface area contributed by atoms with Gasteiger partial charge in [-0.3, -0.25) is 4.79 Å². The van der Waals surface area contributed by atoms with Crippen LogP contribution < -0.4 is 0 Å². The highest BCUT2D eigenvalue weighted by Gasteiger charge is 2.53. The molecule has 2 amide bonds. The number of ether oxygens (including phenoxy) is 2. The molecule has 0 aromatic carbocycles. The van der Waals surface area contributed by atoms with Crippen molar-refractivity contribution in [3.8, 4) is 0 Å². The van der Waals surface area contributed by atoms with Gasteiger partial charge in [0.25, 0.3) is 5.91 Å². The van der Waals surface area contributed by atoms with E-state index < -0.39 is 23.1 Å². The van der Waals surface area contributed by atoms with E-state index in [9.17, 15) is 9.59 Å². The molecule has 0 aromatic heterocycles. The van der Waals surface area contributed by atoms with Crippen molar-refractivity contribution in [3.05, 3.63) is 12.2 Å². The highest BCUT2D eigenvalue weighted by atomic mass is 16.6. The molecule has 1 unspecified atom stereocenters. The third-order valence-corrected chi connectivity index (χ3v) is 4.08. The Kier molecular flexibility index (Phi) is 4.97. The molecule has 1 saturated heterocycles. The second-order valence-electron chi connectivity index (χ2n) is 5.86. The Labute approximate surface area is 120 Å². The van der Waals surface area contributed by atoms with Crippen LogP contribution >= 0.6 is 0 Å². The van der Waals surface area contributed by atoms with Crippen LogP contribution in [0.1, 0.15) is 47.5 Å². The molecule has 0 bridgehead atoms. The molecule has 1 aliphatic heterocycles. The number of carbonyl (C=O) groups excluding carboxylic acids is 2. The van der Waals surface area contributed by atoms with Gasteiger partial charge in [-0.1, -0.05) is 6.58 Å². The minimum Gasteiger partial charge on any atom is -0.449 e. The molecular formula is C15H25NO4. The summed E-state index contributed by atoms with van der Waals surface area (Å²) in [6.07, 6.45) is 0.832. The Hall–Kier alpha value is -1.36. The van der Waals surface area contributed by atoms with E-state index in [1.165, 1.54) is 4.90 Å². The molecule has 1 aliphatic rings. The zero-order valence-corrected chi connectivity index (χ0v) is 13.1. The van der Waals surface area contributed by atoms with Crippen LogP contribution in [0.15, 0.2) is 12.2 Å². The van der Waals surface area contributed by atoms with Gasteiger partial charge in [0.15, 0.2) is 0 Å². The second kappa shape index (κ2) is 5.95. The number of hydrogen-bond donors (Lipinski definition) is 0. The summed E-state index contributed by atoms with van der Waals surface area (Å²) >= 11 is 0. The molecule has 0 radical (unpaired) electrons. The van der Waals surface area contributed by atoms with E-state index in [0.29, 0.717) is 18.6 Å². The van der Waals surface area contributed by atoms with Crippen molar-refractivity contribution < 1.29 is 19.1 Å². The average molecular weight is 283 g/mol. The van der Waals surface area contributed by atoms with Crippen LogP contribution in [0.4, 0.5) is 4.79 Å². The maximum Gasteiger partial charge on any atom is 0.417 e. The van der Waals surface area contributed by atoms with Crippen LogP contribution in [0.25, 0.3) is 0 Å². The summed E-state index contributed by atoms with van der Waals surface area (Å²) in [7, 11) is 0. The van der Waals surface area contributed by atoms with Crippen LogP contribution in [0.5, 0.6) is 0 Å². The lowest BCUT2D eigenvalue weighted by Gasteiger charge is -2.52. The van der Waals surface area contributed by atoms with Crippen molar-refractivity contribution >= 4 is 12.0 Å². The molecule has 0 aromatic rings. The van der Waals surface area contributed by atoms with Crippen LogP contribution in [0, 0.1) is 0 Å². The fourth-order valence-corrected chi connectivity index (χ4v) is 2.47. The summed E-state index contributed by atoms with van der Waals surface area (Å²) in [6, 6.07) is 0. The number of carbonyl (C=O) groups is 2. The molecule has 20 heavy (non-hydrogen) atoms. The third-order valence-electron chi connectivity index (χ3n) is 4.08. The van der Waals surface area contributed by atoms with E-state index in [1.807, 2.05) is 20.8 Å². The Morgan fingerprint density at radius 3 is 2.40 bits per heavy atom. The standard InChI is InChI=1S/C15H25NO4/c1-7-19-13(18)16(12(17)11(2)3)15(6)9-8-10-20-14(15,4)5/h2,7-10H2,1,3-6H3. The molecule has 0 aliphatic carbocycles. The molecule has 0 spiro atoms. The predicted octanol–water partition coefficient (Wildman–Crippen LogP) is 2.90. The lowest BCUT2D eigenvalue weighted by molar-refractivity contribution is -0.165. The first kappa shape index (κ1) is 16.7. The molecule has 0 saturated carbocycles. The lowest BCUT2D eigenvalue weighted by Crippen LogP contribution is -2.66. The maximum atomic E-state index is 12.4. The lowest BCUT2D eigenvalue weighted by atomic mass is 9.76. The topological polar surface area (TPSA) is 55.8 Å². The summed E-state index contributed by atoms with van der Waals surface area (Å²) in [5.41, 5.74) is -1.09. The smallest absolute Gasteiger partial charge is 0.417 e. The fourth-order valence-electron chi connectivity index (χ4n) is 2.47. The number of hydrogen-bond acceptors (Lipinski definition) is 4. The van der Waals surface area contributed by atoms with Gasteiger partial charge in [0.05, 0.1) is 17.7 Å². The Balaban J connectivity index is 3.24. The van der Waals surface area contributed by atoms with Crippen LogP contribution in [-0.2, 0) is 14.3 Å². The maximum absolute atomic E-state index is 12.4. The fraction of sp³-hybridized carbons (Fsp3) is 0.733. The van der Waals surface area contributed by atoms with E-state index in [0.717, 1.165) is 6.42 Å². The number of nitrogens with zero attached hydrogens (tertiary/aromatic N) is 1. The minimum absolute atomic E-state index is 0.218. The summed E-state index contributed by atoms with van der Waals surface area (Å²) in [5, 5.41) is 0. The van der Waals surface area contributed by atoms with Crippen molar-refractivity contribution in [1.82, 2.24) is 4.90 Å². The largest absolute Gasteiger partial charge is 0.449 e. The minimum atomic E-state index is -0.756. The number of rotatable bonds is 3. The zero-order chi connectivity index (χ0) is 15.6. The van der Waals surface area contributed by atoms with Gasteiger partial charge in [-0.15, -0.1) is 0 Å². The molecule has 1 rings (SSSR count). The second-order valence-corrected chi connectivity index (χ2v) is 5.86. The first-order valence-electron chi connectivity index (χ1n) is 6.98. The zero-order valence-electron chi connectivity index (χ0n) is 13.1. The van der Waals surface area contributed by atoms with Crippen molar-refractivity contribution in [2.75, 3.05) is 13.2 Å². The molecule has 5 nitrogen and oxygen atoms in total. The highest BCUT2D eigenvalue weighted by molar-refractivity contribution is 6.02. The van der Waals surface area contributed by atoms with Crippen LogP contribution in [0.3, 0.4) is 0 Å². The van der Waals surface area contributed by atoms with Gasteiger partial charge in [-0.25, -0.2) is 9.69 Å². The predicted molar refractivity (Wildman–Crippen MR) is 76.4 cm³/mol. The summed E-state index contributed by atoms with van der Waals surface area (Å²) in [5.74, 6) is -0.412. The van der Waals surface area contributed by atoms with Gasteiger partial charge in [-0.05, 0) is 47.5 Å². The molecule has 114 valence electrons. The molecule has 1 heterocycles. The Morgan fingerprint density at radius 1 is 1.35 bits per heavy atom. The van der Waals surface area contributed by atoms with E-state index in [1.54, 1.807) is 13.8 Å². The first-order chi connectivity index (χ1) is 9.17. The Bertz CT molecular complexity index is 416. The SMILES string of the molecule is C=C(C)C(=O)N(C(=O)OCC)C1(C)CCCOC1(C)C. The van der Waals surface area contributed by atoms with E-state index in [4.69, 9.17) is 9.47 Å². The summed E-state index contributed by atoms with van der Waals surface area (Å²) < 4.78 is 10.8. The third kappa shape index (κ3) is 2.87. The highest BCUT2D eigenvalue weighted by Crippen LogP contribution is 2.40. The quantitative estimate of drug-likeness (QED) is 0.747. The van der Waals surface area contributed by atoms with Gasteiger partial charge in [0.1, 0.15) is 0 Å². The molecule has 1 atom stereocenters. The van der Waals surface area contributed by atoms with Crippen molar-refractivity contribution in [1.29, 1.82) is 0 Å². The number of imide groups is 1. The van der Waals surface area contributed by atoms with E-state index >= 15 is 0 Å². The summed E-state index contributed by atoms with van der Waals surface area (Å²) in [4.78, 5) is 25.9. The average Bonchev–Trinajstić information content (AvgIpc) is 2.33. The Morgan fingerprint density at radius 2 is 1.95 bits per heavy atom. The van der Waals surface area contributed by atoms with Gasteiger partial charge >= 0.3 is 6.09 Å². The van der Waals surface area contributed by atoms with Crippen molar-refractivity contribution in [2.24, 2.45) is 0 Å². The van der Waals surface area contributed by atoms with Gasteiger partial charge < -0.3 is 9.47 Å². The molecular weight excluding hydrogens is 258 g/mol. The normalized spacial score (nSPS) is 24.9. The first-order valence-corrected chi connectivity index (χ1v) is 6.98. The van der Waals surface area contributed by atoms with Crippen LogP contribution in [0.2, 0.25) is 0 Å². The van der Waals surface area contributed by atoms with Crippen LogP contribution in [-0.4, -0.2) is 41.3 Å². The van der Waals surface area contributed by atoms with E-state index in [2.05, 4.69) is 6.58 Å². The van der Waals surface area contributed by atoms with Gasteiger partial charge in [0, 0.05) is 12.2 Å². The van der Waals surface area contributed by atoms with E-state index in [-0.39, 0.29) is 6.61 Å². The summed E-state index contributed by atoms with van der Waals surface area (Å²) in [6.45, 7) is 13.5. The van der Waals surface area contributed by atoms with Gasteiger partial charge in [-0.2, -0.15) is 0 Å². The number of amides is 2. The molecule has 1 fully saturated rings. The molecule has 0 N–H and O–H groups in total. The van der Waals surface area contributed by atoms with Gasteiger partial charge in [0.2, 0.25) is 0 Å². The van der Waals surface area contributed by atoms with Crippen molar-refractivity contribution in [3.63, 3.8) is 0 Å². The monoisotopic (exact) mass is 283 g/mol. The van der Waals surface area contributed by atoms with Crippen molar-refractivity contribution in [2.45, 2.75) is 58.6 Å².